The number of pyridine rings is 1. The first kappa shape index (κ1) is 16.7. The minimum Gasteiger partial charge on any atom is -0.366 e. The number of halogens is 2. The van der Waals surface area contributed by atoms with Gasteiger partial charge in [0.2, 0.25) is 5.91 Å². The largest absolute Gasteiger partial charge is 0.366 e. The number of aromatic amines is 1. The summed E-state index contributed by atoms with van der Waals surface area (Å²) in [5.41, 5.74) is 9.02. The third-order valence-electron chi connectivity index (χ3n) is 4.75. The van der Waals surface area contributed by atoms with Crippen molar-refractivity contribution < 1.29 is 13.6 Å². The molecule has 7 heteroatoms. The number of hydrogen-bond acceptors (Lipinski definition) is 3. The lowest BCUT2D eigenvalue weighted by Gasteiger charge is -2.16. The number of benzene rings is 1. The van der Waals surface area contributed by atoms with Crippen molar-refractivity contribution in [2.45, 2.75) is 18.9 Å². The highest BCUT2D eigenvalue weighted by molar-refractivity contribution is 6.10. The Kier molecular flexibility index (Phi) is 3.96. The molecule has 1 amide bonds. The number of alkyl halides is 2. The third kappa shape index (κ3) is 3.06. The van der Waals surface area contributed by atoms with Crippen LogP contribution in [0.2, 0.25) is 0 Å². The number of amides is 1. The summed E-state index contributed by atoms with van der Waals surface area (Å²) >= 11 is 0. The first-order chi connectivity index (χ1) is 12.4. The molecule has 0 aliphatic carbocycles. The number of nitrogens with one attached hydrogen (secondary N) is 1. The zero-order chi connectivity index (χ0) is 18.3. The number of rotatable bonds is 4. The molecule has 4 rings (SSSR count). The van der Waals surface area contributed by atoms with Gasteiger partial charge >= 0.3 is 0 Å². The first-order valence-electron chi connectivity index (χ1n) is 8.38. The van der Waals surface area contributed by atoms with E-state index in [1.807, 2.05) is 24.3 Å². The summed E-state index contributed by atoms with van der Waals surface area (Å²) in [6, 6.07) is 9.28. The summed E-state index contributed by atoms with van der Waals surface area (Å²) in [4.78, 5) is 21.0. The Morgan fingerprint density at radius 3 is 2.69 bits per heavy atom. The highest BCUT2D eigenvalue weighted by Crippen LogP contribution is 2.30. The lowest BCUT2D eigenvalue weighted by Crippen LogP contribution is -2.24. The van der Waals surface area contributed by atoms with Crippen molar-refractivity contribution in [1.29, 1.82) is 0 Å². The molecule has 0 radical (unpaired) electrons. The van der Waals surface area contributed by atoms with E-state index < -0.39 is 11.8 Å². The molecular weight excluding hydrogens is 338 g/mol. The van der Waals surface area contributed by atoms with E-state index >= 15 is 0 Å². The van der Waals surface area contributed by atoms with E-state index in [0.29, 0.717) is 35.2 Å². The third-order valence-corrected chi connectivity index (χ3v) is 4.75. The molecule has 3 heterocycles. The molecule has 0 bridgehead atoms. The highest BCUT2D eigenvalue weighted by Gasteiger charge is 2.37. The van der Waals surface area contributed by atoms with Crippen LogP contribution in [0.25, 0.3) is 22.2 Å². The van der Waals surface area contributed by atoms with Crippen LogP contribution in [0.5, 0.6) is 0 Å². The van der Waals surface area contributed by atoms with Crippen LogP contribution in [0, 0.1) is 0 Å². The monoisotopic (exact) mass is 356 g/mol. The zero-order valence-electron chi connectivity index (χ0n) is 14.0. The van der Waals surface area contributed by atoms with Crippen LogP contribution in [0.15, 0.2) is 42.7 Å². The Labute approximate surface area is 148 Å². The van der Waals surface area contributed by atoms with E-state index in [4.69, 9.17) is 5.73 Å². The first-order valence-corrected chi connectivity index (χ1v) is 8.38. The van der Waals surface area contributed by atoms with Gasteiger partial charge in [-0.3, -0.25) is 9.69 Å². The predicted octanol–water partition coefficient (Wildman–Crippen LogP) is 3.17. The van der Waals surface area contributed by atoms with Gasteiger partial charge in [-0.05, 0) is 17.2 Å². The SMILES string of the molecule is NC(=O)c1c(-c2ccc(CN3CCC(F)(F)C3)cc2)cnc2[nH]ccc12. The van der Waals surface area contributed by atoms with Crippen molar-refractivity contribution in [2.75, 3.05) is 13.1 Å². The molecule has 26 heavy (non-hydrogen) atoms. The predicted molar refractivity (Wildman–Crippen MR) is 94.9 cm³/mol. The average molecular weight is 356 g/mol. The number of fused-ring (bicyclic) bond motifs is 1. The fourth-order valence-corrected chi connectivity index (χ4v) is 3.48. The minimum atomic E-state index is -2.59. The Hall–Kier alpha value is -2.80. The van der Waals surface area contributed by atoms with Gasteiger partial charge in [0, 0.05) is 42.9 Å². The van der Waals surface area contributed by atoms with Crippen molar-refractivity contribution >= 4 is 16.9 Å². The summed E-state index contributed by atoms with van der Waals surface area (Å²) < 4.78 is 26.6. The summed E-state index contributed by atoms with van der Waals surface area (Å²) in [5.74, 6) is -3.11. The second-order valence-electron chi connectivity index (χ2n) is 6.66. The molecule has 0 spiro atoms. The Morgan fingerprint density at radius 1 is 1.27 bits per heavy atom. The fourth-order valence-electron chi connectivity index (χ4n) is 3.48. The quantitative estimate of drug-likeness (QED) is 0.754. The Bertz CT molecular complexity index is 965. The molecule has 0 saturated carbocycles. The van der Waals surface area contributed by atoms with E-state index in [9.17, 15) is 13.6 Å². The van der Waals surface area contributed by atoms with Crippen molar-refractivity contribution in [2.24, 2.45) is 5.73 Å². The summed E-state index contributed by atoms with van der Waals surface area (Å²) in [5, 5.41) is 0.679. The van der Waals surface area contributed by atoms with Crippen molar-refractivity contribution in [3.8, 4) is 11.1 Å². The minimum absolute atomic E-state index is 0.0879. The molecule has 3 N–H and O–H groups in total. The smallest absolute Gasteiger partial charge is 0.261 e. The fraction of sp³-hybridized carbons (Fsp3) is 0.263. The van der Waals surface area contributed by atoms with Crippen LogP contribution >= 0.6 is 0 Å². The van der Waals surface area contributed by atoms with Gasteiger partial charge in [0.25, 0.3) is 5.92 Å². The molecule has 0 atom stereocenters. The highest BCUT2D eigenvalue weighted by atomic mass is 19.3. The van der Waals surface area contributed by atoms with Gasteiger partial charge in [-0.2, -0.15) is 0 Å². The van der Waals surface area contributed by atoms with Crippen LogP contribution in [0.3, 0.4) is 0 Å². The van der Waals surface area contributed by atoms with Crippen LogP contribution in [0.4, 0.5) is 8.78 Å². The van der Waals surface area contributed by atoms with Gasteiger partial charge in [-0.1, -0.05) is 24.3 Å². The van der Waals surface area contributed by atoms with Gasteiger partial charge in [-0.15, -0.1) is 0 Å². The molecule has 2 aromatic heterocycles. The Morgan fingerprint density at radius 2 is 2.04 bits per heavy atom. The van der Waals surface area contributed by atoms with E-state index in [1.54, 1.807) is 23.4 Å². The number of H-pyrrole nitrogens is 1. The van der Waals surface area contributed by atoms with E-state index in [-0.39, 0.29) is 13.0 Å². The zero-order valence-corrected chi connectivity index (χ0v) is 14.0. The molecule has 3 aromatic rings. The van der Waals surface area contributed by atoms with Crippen LogP contribution in [-0.4, -0.2) is 39.8 Å². The number of carbonyl (C=O) groups excluding carboxylic acids is 1. The van der Waals surface area contributed by atoms with Gasteiger partial charge in [0.1, 0.15) is 5.65 Å². The Balaban J connectivity index is 1.62. The van der Waals surface area contributed by atoms with Crippen molar-refractivity contribution in [3.63, 3.8) is 0 Å². The average Bonchev–Trinajstić information content (AvgIpc) is 3.20. The number of aromatic nitrogens is 2. The molecule has 134 valence electrons. The van der Waals surface area contributed by atoms with Gasteiger partial charge < -0.3 is 10.7 Å². The molecule has 5 nitrogen and oxygen atoms in total. The summed E-state index contributed by atoms with van der Waals surface area (Å²) in [6.45, 7) is 0.678. The number of hydrogen-bond donors (Lipinski definition) is 2. The molecule has 1 aliphatic rings. The molecule has 1 aliphatic heterocycles. The van der Waals surface area contributed by atoms with Crippen LogP contribution in [-0.2, 0) is 6.54 Å². The lowest BCUT2D eigenvalue weighted by atomic mass is 9.98. The maximum absolute atomic E-state index is 13.3. The number of likely N-dealkylation sites (tertiary alicyclic amines) is 1. The second kappa shape index (κ2) is 6.17. The molecule has 1 fully saturated rings. The number of primary amides is 1. The van der Waals surface area contributed by atoms with Gasteiger partial charge in [0.05, 0.1) is 12.1 Å². The molecule has 1 aromatic carbocycles. The number of carbonyl (C=O) groups is 1. The molecular formula is C19H18F2N4O. The molecule has 0 unspecified atom stereocenters. The van der Waals surface area contributed by atoms with E-state index in [2.05, 4.69) is 9.97 Å². The standard InChI is InChI=1S/C19H18F2N4O/c20-19(21)6-8-25(11-19)10-12-1-3-13(4-2-12)15-9-24-18-14(5-7-23-18)16(15)17(22)26/h1-5,7,9H,6,8,10-11H2,(H2,22,26)(H,23,24). The van der Waals surface area contributed by atoms with E-state index in [0.717, 1.165) is 11.1 Å². The van der Waals surface area contributed by atoms with Gasteiger partial charge in [0.15, 0.2) is 0 Å². The maximum atomic E-state index is 13.3. The summed E-state index contributed by atoms with van der Waals surface area (Å²) in [7, 11) is 0. The maximum Gasteiger partial charge on any atom is 0.261 e. The van der Waals surface area contributed by atoms with Crippen molar-refractivity contribution in [1.82, 2.24) is 14.9 Å². The lowest BCUT2D eigenvalue weighted by molar-refractivity contribution is 0.0115. The van der Waals surface area contributed by atoms with Crippen molar-refractivity contribution in [3.05, 3.63) is 53.9 Å². The number of nitrogens with zero attached hydrogens (tertiary/aromatic N) is 2. The van der Waals surface area contributed by atoms with Crippen LogP contribution in [0.1, 0.15) is 22.3 Å². The second-order valence-corrected chi connectivity index (χ2v) is 6.66. The van der Waals surface area contributed by atoms with E-state index in [1.165, 1.54) is 0 Å². The topological polar surface area (TPSA) is 75.0 Å². The van der Waals surface area contributed by atoms with Crippen LogP contribution < -0.4 is 5.73 Å². The number of nitrogens with two attached hydrogens (primary N) is 1. The summed E-state index contributed by atoms with van der Waals surface area (Å²) in [6.07, 6.45) is 3.24. The normalized spacial score (nSPS) is 17.0. The van der Waals surface area contributed by atoms with Gasteiger partial charge in [-0.25, -0.2) is 13.8 Å². The molecule has 1 saturated heterocycles.